The molecule has 2 aromatic rings. The zero-order valence-electron chi connectivity index (χ0n) is 14.3. The maximum atomic E-state index is 12.4. The van der Waals surface area contributed by atoms with Gasteiger partial charge in [0.05, 0.1) is 11.1 Å². The van der Waals surface area contributed by atoms with E-state index in [1.807, 2.05) is 12.1 Å². The number of fused-ring (bicyclic) bond motifs is 1. The minimum atomic E-state index is -3.31. The summed E-state index contributed by atoms with van der Waals surface area (Å²) in [5.41, 5.74) is 2.65. The van der Waals surface area contributed by atoms with Crippen LogP contribution < -0.4 is 10.0 Å². The fourth-order valence-electron chi connectivity index (χ4n) is 3.05. The number of carbonyl (C=O) groups is 1. The molecule has 0 fully saturated rings. The van der Waals surface area contributed by atoms with Crippen LogP contribution in [-0.4, -0.2) is 20.6 Å². The second-order valence-corrected chi connectivity index (χ2v) is 9.55. The first-order valence-electron chi connectivity index (χ1n) is 8.26. The SMILES string of the molecule is CC1CCc2sc(C(=O)NCc3cccc(NS(C)(=O)=O)c3)cc2C1. The molecule has 1 heterocycles. The van der Waals surface area contributed by atoms with Crippen LogP contribution in [0.25, 0.3) is 0 Å². The number of carbonyl (C=O) groups excluding carboxylic acids is 1. The molecule has 1 aliphatic rings. The number of anilines is 1. The van der Waals surface area contributed by atoms with E-state index in [0.29, 0.717) is 18.2 Å². The normalized spacial score (nSPS) is 17.0. The molecule has 1 aliphatic carbocycles. The second kappa shape index (κ2) is 7.17. The first-order chi connectivity index (χ1) is 11.8. The molecule has 1 amide bonds. The van der Waals surface area contributed by atoms with Gasteiger partial charge in [-0.2, -0.15) is 0 Å². The fraction of sp³-hybridized carbons (Fsp3) is 0.389. The number of aryl methyl sites for hydroxylation is 1. The van der Waals surface area contributed by atoms with E-state index in [1.54, 1.807) is 29.5 Å². The van der Waals surface area contributed by atoms with Crippen molar-refractivity contribution in [1.82, 2.24) is 5.32 Å². The Hall–Kier alpha value is -1.86. The van der Waals surface area contributed by atoms with Crippen molar-refractivity contribution in [3.05, 3.63) is 51.2 Å². The summed E-state index contributed by atoms with van der Waals surface area (Å²) >= 11 is 1.59. The lowest BCUT2D eigenvalue weighted by Crippen LogP contribution is -2.22. The van der Waals surface area contributed by atoms with Crippen LogP contribution in [0.3, 0.4) is 0 Å². The third kappa shape index (κ3) is 4.83. The van der Waals surface area contributed by atoms with Gasteiger partial charge in [-0.3, -0.25) is 9.52 Å². The topological polar surface area (TPSA) is 75.3 Å². The standard InChI is InChI=1S/C18H22N2O3S2/c1-12-6-7-16-14(8-12)10-17(24-16)18(21)19-11-13-4-3-5-15(9-13)20-25(2,22)23/h3-5,9-10,12,20H,6-8,11H2,1-2H3,(H,19,21). The lowest BCUT2D eigenvalue weighted by molar-refractivity contribution is 0.0955. The second-order valence-electron chi connectivity index (χ2n) is 6.66. The Balaban J connectivity index is 1.64. The molecule has 1 aromatic carbocycles. The van der Waals surface area contributed by atoms with Crippen LogP contribution in [0.2, 0.25) is 0 Å². The summed E-state index contributed by atoms with van der Waals surface area (Å²) < 4.78 is 25.0. The smallest absolute Gasteiger partial charge is 0.261 e. The summed E-state index contributed by atoms with van der Waals surface area (Å²) in [4.78, 5) is 14.5. The maximum absolute atomic E-state index is 12.4. The van der Waals surface area contributed by atoms with Crippen molar-refractivity contribution < 1.29 is 13.2 Å². The van der Waals surface area contributed by atoms with Crippen molar-refractivity contribution in [2.75, 3.05) is 11.0 Å². The Kier molecular flexibility index (Phi) is 5.15. The molecule has 3 rings (SSSR count). The summed E-state index contributed by atoms with van der Waals surface area (Å²) in [5.74, 6) is 0.608. The number of thiophene rings is 1. The van der Waals surface area contributed by atoms with Crippen LogP contribution in [0.15, 0.2) is 30.3 Å². The number of amides is 1. The third-order valence-electron chi connectivity index (χ3n) is 4.24. The van der Waals surface area contributed by atoms with Gasteiger partial charge in [-0.25, -0.2) is 8.42 Å². The summed E-state index contributed by atoms with van der Waals surface area (Å²) in [5, 5.41) is 2.92. The van der Waals surface area contributed by atoms with E-state index < -0.39 is 10.0 Å². The number of sulfonamides is 1. The Morgan fingerprint density at radius 2 is 2.12 bits per heavy atom. The number of rotatable bonds is 5. The van der Waals surface area contributed by atoms with Gasteiger partial charge >= 0.3 is 0 Å². The molecule has 5 nitrogen and oxygen atoms in total. The fourth-order valence-corrected chi connectivity index (χ4v) is 4.73. The number of nitrogens with one attached hydrogen (secondary N) is 2. The zero-order chi connectivity index (χ0) is 18.0. The van der Waals surface area contributed by atoms with Gasteiger partial charge in [-0.05, 0) is 54.5 Å². The number of benzene rings is 1. The van der Waals surface area contributed by atoms with E-state index in [4.69, 9.17) is 0 Å². The van der Waals surface area contributed by atoms with Gasteiger partial charge in [-0.1, -0.05) is 19.1 Å². The molecule has 1 unspecified atom stereocenters. The van der Waals surface area contributed by atoms with E-state index in [0.717, 1.165) is 29.5 Å². The van der Waals surface area contributed by atoms with Gasteiger partial charge in [-0.15, -0.1) is 11.3 Å². The molecular formula is C18H22N2O3S2. The van der Waals surface area contributed by atoms with Crippen molar-refractivity contribution >= 4 is 33.0 Å². The molecule has 0 saturated carbocycles. The summed E-state index contributed by atoms with van der Waals surface area (Å²) in [6.45, 7) is 2.61. The molecule has 2 N–H and O–H groups in total. The highest BCUT2D eigenvalue weighted by molar-refractivity contribution is 7.92. The zero-order valence-corrected chi connectivity index (χ0v) is 16.0. The quantitative estimate of drug-likeness (QED) is 0.839. The van der Waals surface area contributed by atoms with E-state index in [1.165, 1.54) is 16.9 Å². The number of hydrogen-bond donors (Lipinski definition) is 2. The average Bonchev–Trinajstić information content (AvgIpc) is 2.94. The Morgan fingerprint density at radius 3 is 2.88 bits per heavy atom. The molecular weight excluding hydrogens is 356 g/mol. The molecule has 0 bridgehead atoms. The maximum Gasteiger partial charge on any atom is 0.261 e. The van der Waals surface area contributed by atoms with Crippen molar-refractivity contribution in [2.24, 2.45) is 5.92 Å². The first kappa shape index (κ1) is 17.9. The molecule has 0 aliphatic heterocycles. The molecule has 7 heteroatoms. The number of hydrogen-bond acceptors (Lipinski definition) is 4. The van der Waals surface area contributed by atoms with E-state index in [2.05, 4.69) is 17.0 Å². The minimum absolute atomic E-state index is 0.0754. The highest BCUT2D eigenvalue weighted by atomic mass is 32.2. The Labute approximate surface area is 152 Å². The van der Waals surface area contributed by atoms with Crippen LogP contribution in [-0.2, 0) is 29.4 Å². The van der Waals surface area contributed by atoms with Gasteiger partial charge < -0.3 is 5.32 Å². The molecule has 1 aromatic heterocycles. The highest BCUT2D eigenvalue weighted by Crippen LogP contribution is 2.32. The van der Waals surface area contributed by atoms with Crippen molar-refractivity contribution in [3.8, 4) is 0 Å². The van der Waals surface area contributed by atoms with E-state index in [-0.39, 0.29) is 5.91 Å². The van der Waals surface area contributed by atoms with E-state index in [9.17, 15) is 13.2 Å². The summed E-state index contributed by atoms with van der Waals surface area (Å²) in [7, 11) is -3.31. The van der Waals surface area contributed by atoms with Crippen molar-refractivity contribution in [1.29, 1.82) is 0 Å². The van der Waals surface area contributed by atoms with Gasteiger partial charge in [0.1, 0.15) is 0 Å². The van der Waals surface area contributed by atoms with Gasteiger partial charge in [0, 0.05) is 17.1 Å². The van der Waals surface area contributed by atoms with Crippen LogP contribution in [0.5, 0.6) is 0 Å². The molecule has 0 spiro atoms. The highest BCUT2D eigenvalue weighted by Gasteiger charge is 2.20. The van der Waals surface area contributed by atoms with Crippen LogP contribution in [0.1, 0.15) is 39.0 Å². The monoisotopic (exact) mass is 378 g/mol. The molecule has 0 saturated heterocycles. The largest absolute Gasteiger partial charge is 0.347 e. The predicted octanol–water partition coefficient (Wildman–Crippen LogP) is 3.17. The first-order valence-corrected chi connectivity index (χ1v) is 11.0. The Morgan fingerprint density at radius 1 is 1.32 bits per heavy atom. The minimum Gasteiger partial charge on any atom is -0.347 e. The lowest BCUT2D eigenvalue weighted by Gasteiger charge is -2.16. The molecule has 25 heavy (non-hydrogen) atoms. The Bertz CT molecular complexity index is 887. The van der Waals surface area contributed by atoms with E-state index >= 15 is 0 Å². The van der Waals surface area contributed by atoms with Crippen molar-refractivity contribution in [2.45, 2.75) is 32.7 Å². The molecule has 0 radical (unpaired) electrons. The van der Waals surface area contributed by atoms with Crippen LogP contribution in [0.4, 0.5) is 5.69 Å². The molecule has 134 valence electrons. The van der Waals surface area contributed by atoms with Gasteiger partial charge in [0.25, 0.3) is 5.91 Å². The van der Waals surface area contributed by atoms with Crippen LogP contribution >= 0.6 is 11.3 Å². The van der Waals surface area contributed by atoms with Crippen LogP contribution in [0, 0.1) is 5.92 Å². The molecule has 1 atom stereocenters. The van der Waals surface area contributed by atoms with Crippen molar-refractivity contribution in [3.63, 3.8) is 0 Å². The lowest BCUT2D eigenvalue weighted by atomic mass is 9.90. The van der Waals surface area contributed by atoms with Gasteiger partial charge in [0.15, 0.2) is 0 Å². The summed E-state index contributed by atoms with van der Waals surface area (Å²) in [6.07, 6.45) is 4.42. The third-order valence-corrected chi connectivity index (χ3v) is 6.08. The summed E-state index contributed by atoms with van der Waals surface area (Å²) in [6, 6.07) is 9.05. The predicted molar refractivity (Wildman–Crippen MR) is 102 cm³/mol. The van der Waals surface area contributed by atoms with Gasteiger partial charge in [0.2, 0.25) is 10.0 Å². The average molecular weight is 379 g/mol.